The summed E-state index contributed by atoms with van der Waals surface area (Å²) in [5, 5.41) is 6.39. The van der Waals surface area contributed by atoms with Crippen molar-refractivity contribution in [2.24, 2.45) is 0 Å². The fraction of sp³-hybridized carbons (Fsp3) is 0.588. The number of hydrogen-bond donors (Lipinski definition) is 2. The highest BCUT2D eigenvalue weighted by molar-refractivity contribution is 5.77. The second-order valence-corrected chi connectivity index (χ2v) is 5.69. The summed E-state index contributed by atoms with van der Waals surface area (Å²) in [7, 11) is 0. The molecule has 0 bridgehead atoms. The first-order chi connectivity index (χ1) is 10.2. The van der Waals surface area contributed by atoms with Crippen molar-refractivity contribution < 1.29 is 9.53 Å². The average molecular weight is 290 g/mol. The first-order valence-electron chi connectivity index (χ1n) is 7.94. The largest absolute Gasteiger partial charge is 0.484 e. The third kappa shape index (κ3) is 5.05. The van der Waals surface area contributed by atoms with Crippen LogP contribution in [-0.2, 0) is 4.79 Å². The monoisotopic (exact) mass is 290 g/mol. The fourth-order valence-corrected chi connectivity index (χ4v) is 2.77. The Kier molecular flexibility index (Phi) is 6.05. The third-order valence-electron chi connectivity index (χ3n) is 3.98. The van der Waals surface area contributed by atoms with Gasteiger partial charge in [-0.1, -0.05) is 31.9 Å². The van der Waals surface area contributed by atoms with E-state index in [0.29, 0.717) is 12.1 Å². The van der Waals surface area contributed by atoms with Gasteiger partial charge in [0.05, 0.1) is 0 Å². The zero-order chi connectivity index (χ0) is 15.1. The predicted octanol–water partition coefficient (Wildman–Crippen LogP) is 2.79. The van der Waals surface area contributed by atoms with Crippen molar-refractivity contribution >= 4 is 5.91 Å². The van der Waals surface area contributed by atoms with Crippen molar-refractivity contribution in [1.29, 1.82) is 0 Å². The molecule has 1 aromatic rings. The number of benzene rings is 1. The van der Waals surface area contributed by atoms with Crippen molar-refractivity contribution in [2.75, 3.05) is 13.2 Å². The van der Waals surface area contributed by atoms with Crippen LogP contribution >= 0.6 is 0 Å². The topological polar surface area (TPSA) is 50.4 Å². The Hall–Kier alpha value is -1.55. The molecule has 1 aliphatic rings. The molecule has 0 heterocycles. The lowest BCUT2D eigenvalue weighted by Crippen LogP contribution is -2.36. The number of amides is 1. The normalized spacial score (nSPS) is 16.7. The molecular formula is C17H26N2O2. The van der Waals surface area contributed by atoms with E-state index in [9.17, 15) is 4.79 Å². The molecule has 116 valence electrons. The molecule has 0 aliphatic heterocycles. The van der Waals surface area contributed by atoms with E-state index in [2.05, 4.69) is 24.5 Å². The van der Waals surface area contributed by atoms with E-state index in [1.54, 1.807) is 0 Å². The Morgan fingerprint density at radius 3 is 2.57 bits per heavy atom. The van der Waals surface area contributed by atoms with Gasteiger partial charge in [-0.25, -0.2) is 0 Å². The van der Waals surface area contributed by atoms with E-state index in [1.807, 2.05) is 24.3 Å². The van der Waals surface area contributed by atoms with Gasteiger partial charge >= 0.3 is 0 Å². The Balaban J connectivity index is 1.76. The van der Waals surface area contributed by atoms with Gasteiger partial charge in [0.25, 0.3) is 5.91 Å². The van der Waals surface area contributed by atoms with Gasteiger partial charge in [-0.05, 0) is 44.0 Å². The summed E-state index contributed by atoms with van der Waals surface area (Å²) < 4.78 is 5.54. The predicted molar refractivity (Wildman–Crippen MR) is 84.4 cm³/mol. The maximum atomic E-state index is 11.8. The van der Waals surface area contributed by atoms with Crippen LogP contribution in [0.15, 0.2) is 24.3 Å². The summed E-state index contributed by atoms with van der Waals surface area (Å²) in [6.45, 7) is 5.27. The number of carbonyl (C=O) groups excluding carboxylic acids is 1. The molecule has 0 spiro atoms. The minimum atomic E-state index is -0.0213. The molecule has 0 saturated heterocycles. The number of ether oxygens (including phenoxy) is 1. The van der Waals surface area contributed by atoms with Crippen LogP contribution in [0, 0.1) is 0 Å². The molecule has 4 heteroatoms. The van der Waals surface area contributed by atoms with E-state index < -0.39 is 0 Å². The van der Waals surface area contributed by atoms with E-state index in [1.165, 1.54) is 18.4 Å². The van der Waals surface area contributed by atoms with Gasteiger partial charge in [0.15, 0.2) is 6.61 Å². The quantitative estimate of drug-likeness (QED) is 0.812. The summed E-state index contributed by atoms with van der Waals surface area (Å²) in [5.41, 5.74) is 1.22. The minimum Gasteiger partial charge on any atom is -0.484 e. The molecule has 2 N–H and O–H groups in total. The van der Waals surface area contributed by atoms with Crippen LogP contribution in [-0.4, -0.2) is 25.1 Å². The average Bonchev–Trinajstić information content (AvgIpc) is 2.99. The fourth-order valence-electron chi connectivity index (χ4n) is 2.77. The van der Waals surface area contributed by atoms with Crippen LogP contribution in [0.25, 0.3) is 0 Å². The summed E-state index contributed by atoms with van der Waals surface area (Å²) in [5.74, 6) is 0.719. The smallest absolute Gasteiger partial charge is 0.258 e. The van der Waals surface area contributed by atoms with Crippen molar-refractivity contribution in [3.05, 3.63) is 29.8 Å². The molecule has 1 atom stereocenters. The molecule has 1 unspecified atom stereocenters. The highest BCUT2D eigenvalue weighted by Crippen LogP contribution is 2.18. The van der Waals surface area contributed by atoms with Gasteiger partial charge < -0.3 is 15.4 Å². The SMILES string of the molecule is CCNC(C)c1ccc(OCC(=O)NC2CCCC2)cc1. The van der Waals surface area contributed by atoms with E-state index in [-0.39, 0.29) is 12.5 Å². The van der Waals surface area contributed by atoms with E-state index >= 15 is 0 Å². The van der Waals surface area contributed by atoms with Crippen LogP contribution in [0.3, 0.4) is 0 Å². The molecule has 0 aromatic heterocycles. The number of rotatable bonds is 7. The first-order valence-corrected chi connectivity index (χ1v) is 7.94. The van der Waals surface area contributed by atoms with Crippen LogP contribution in [0.5, 0.6) is 5.75 Å². The molecule has 1 amide bonds. The Labute approximate surface area is 127 Å². The maximum Gasteiger partial charge on any atom is 0.258 e. The van der Waals surface area contributed by atoms with Crippen LogP contribution in [0.2, 0.25) is 0 Å². The second kappa shape index (κ2) is 8.03. The third-order valence-corrected chi connectivity index (χ3v) is 3.98. The van der Waals surface area contributed by atoms with Gasteiger partial charge in [0.1, 0.15) is 5.75 Å². The van der Waals surface area contributed by atoms with Gasteiger partial charge in [-0.3, -0.25) is 4.79 Å². The lowest BCUT2D eigenvalue weighted by atomic mass is 10.1. The second-order valence-electron chi connectivity index (χ2n) is 5.69. The van der Waals surface area contributed by atoms with Crippen LogP contribution < -0.4 is 15.4 Å². The molecule has 4 nitrogen and oxygen atoms in total. The van der Waals surface area contributed by atoms with Crippen molar-refractivity contribution in [3.63, 3.8) is 0 Å². The van der Waals surface area contributed by atoms with E-state index in [4.69, 9.17) is 4.74 Å². The number of carbonyl (C=O) groups is 1. The number of nitrogens with one attached hydrogen (secondary N) is 2. The Morgan fingerprint density at radius 1 is 1.29 bits per heavy atom. The summed E-state index contributed by atoms with van der Waals surface area (Å²) in [6, 6.07) is 8.60. The van der Waals surface area contributed by atoms with Crippen LogP contribution in [0.4, 0.5) is 0 Å². The standard InChI is InChI=1S/C17H26N2O2/c1-3-18-13(2)14-8-10-16(11-9-14)21-12-17(20)19-15-6-4-5-7-15/h8-11,13,15,18H,3-7,12H2,1-2H3,(H,19,20). The molecule has 0 radical (unpaired) electrons. The minimum absolute atomic E-state index is 0.0213. The van der Waals surface area contributed by atoms with Crippen molar-refractivity contribution in [3.8, 4) is 5.75 Å². The van der Waals surface area contributed by atoms with Gasteiger partial charge in [-0.2, -0.15) is 0 Å². The number of hydrogen-bond acceptors (Lipinski definition) is 3. The summed E-state index contributed by atoms with van der Waals surface area (Å²) in [6.07, 6.45) is 4.64. The molecule has 1 fully saturated rings. The molecule has 1 saturated carbocycles. The molecule has 21 heavy (non-hydrogen) atoms. The summed E-state index contributed by atoms with van der Waals surface area (Å²) in [4.78, 5) is 11.8. The Bertz CT molecular complexity index is 439. The van der Waals surface area contributed by atoms with Crippen molar-refractivity contribution in [2.45, 2.75) is 51.6 Å². The van der Waals surface area contributed by atoms with E-state index in [0.717, 1.165) is 25.1 Å². The molecule has 1 aliphatic carbocycles. The first kappa shape index (κ1) is 15.8. The zero-order valence-electron chi connectivity index (χ0n) is 13.0. The summed E-state index contributed by atoms with van der Waals surface area (Å²) >= 11 is 0. The lowest BCUT2D eigenvalue weighted by Gasteiger charge is -2.14. The van der Waals surface area contributed by atoms with Gasteiger partial charge in [-0.15, -0.1) is 0 Å². The van der Waals surface area contributed by atoms with Gasteiger partial charge in [0.2, 0.25) is 0 Å². The lowest BCUT2D eigenvalue weighted by molar-refractivity contribution is -0.123. The molecule has 1 aromatic carbocycles. The van der Waals surface area contributed by atoms with Crippen LogP contribution in [0.1, 0.15) is 51.1 Å². The highest BCUT2D eigenvalue weighted by atomic mass is 16.5. The van der Waals surface area contributed by atoms with Gasteiger partial charge in [0, 0.05) is 12.1 Å². The maximum absolute atomic E-state index is 11.8. The zero-order valence-corrected chi connectivity index (χ0v) is 13.0. The van der Waals surface area contributed by atoms with Crippen molar-refractivity contribution in [1.82, 2.24) is 10.6 Å². The Morgan fingerprint density at radius 2 is 1.95 bits per heavy atom. The highest BCUT2D eigenvalue weighted by Gasteiger charge is 2.17. The molecule has 2 rings (SSSR count). The molecular weight excluding hydrogens is 264 g/mol.